The molecule has 10 rings (SSSR count). The predicted octanol–water partition coefficient (Wildman–Crippen LogP) is 8.20. The van der Waals surface area contributed by atoms with Gasteiger partial charge in [-0.15, -0.1) is 0 Å². The number of nitrogens with zero attached hydrogens (tertiary/aromatic N) is 15. The van der Waals surface area contributed by atoms with Crippen molar-refractivity contribution in [2.75, 3.05) is 277 Å². The van der Waals surface area contributed by atoms with E-state index in [-0.39, 0.29) is 75.2 Å². The van der Waals surface area contributed by atoms with Crippen molar-refractivity contribution in [2.24, 2.45) is 17.3 Å². The highest BCUT2D eigenvalue weighted by atomic mass is 16.5. The maximum atomic E-state index is 11.9. The molecule has 119 heavy (non-hydrogen) atoms. The molecule has 10 aliphatic heterocycles. The van der Waals surface area contributed by atoms with Crippen molar-refractivity contribution in [3.63, 3.8) is 0 Å². The molecule has 0 bridgehead atoms. The van der Waals surface area contributed by atoms with Crippen molar-refractivity contribution in [1.82, 2.24) is 73.5 Å². The zero-order valence-corrected chi connectivity index (χ0v) is 80.5. The van der Waals surface area contributed by atoms with Gasteiger partial charge in [0.2, 0.25) is 5.91 Å². The Morgan fingerprint density at radius 3 is 0.908 bits per heavy atom. The SMILES string of the molecule is CC(C)(C)N1CCC(N2CCC(O)CC2=O)CC1.CCOC(=O)C1CCN(CCN2CCN(C(C)(C)C)CC2)CC1.CCOC(=O)CCN1CCN(C(C)(C)C)CC1.COC(=O)C1(C)CCN(CCN2CCN(C(C)(C)C)CC2)CC1.COC(=O)C1CCN(CCN2CCN(C(C)(C)C)CC2)CC1.COC(=O)CCN1CCN(C(C)(C)C)CC1. The first-order valence-corrected chi connectivity index (χ1v) is 46.6. The lowest BCUT2D eigenvalue weighted by Crippen LogP contribution is -2.54. The third kappa shape index (κ3) is 38.9. The van der Waals surface area contributed by atoms with E-state index in [9.17, 15) is 33.9 Å². The van der Waals surface area contributed by atoms with Gasteiger partial charge in [-0.05, 0) is 242 Å². The van der Waals surface area contributed by atoms with Gasteiger partial charge in [-0.1, -0.05) is 0 Å². The number of carbonyl (C=O) groups excluding carboxylic acids is 6. The first-order valence-electron chi connectivity index (χ1n) is 46.6. The minimum atomic E-state index is -0.414. The molecular formula is C92H179N15O12. The Bertz CT molecular complexity index is 2860. The normalized spacial score (nSPS) is 23.4. The molecule has 0 aromatic rings. The number of amides is 1. The van der Waals surface area contributed by atoms with Gasteiger partial charge in [0.05, 0.1) is 77.2 Å². The first kappa shape index (κ1) is 106. The number of ether oxygens (including phenoxy) is 5. The molecule has 0 spiro atoms. The molecule has 0 saturated carbocycles. The summed E-state index contributed by atoms with van der Waals surface area (Å²) in [6, 6.07) is 0.392. The van der Waals surface area contributed by atoms with Crippen LogP contribution in [0.25, 0.3) is 0 Å². The van der Waals surface area contributed by atoms with Crippen molar-refractivity contribution in [1.29, 1.82) is 0 Å². The highest BCUT2D eigenvalue weighted by Crippen LogP contribution is 2.33. The molecule has 694 valence electrons. The molecular weight excluding hydrogens is 1510 g/mol. The van der Waals surface area contributed by atoms with E-state index in [1.165, 1.54) is 99.9 Å². The monoisotopic (exact) mass is 1690 g/mol. The van der Waals surface area contributed by atoms with Crippen LogP contribution in [0.5, 0.6) is 0 Å². The number of carbonyl (C=O) groups is 6. The van der Waals surface area contributed by atoms with E-state index in [1.54, 1.807) is 0 Å². The summed E-state index contributed by atoms with van der Waals surface area (Å²) in [5, 5.41) is 9.49. The highest BCUT2D eigenvalue weighted by Gasteiger charge is 2.40. The number of hydrogen-bond acceptors (Lipinski definition) is 26. The smallest absolute Gasteiger partial charge is 0.311 e. The molecule has 27 heteroatoms. The molecule has 10 saturated heterocycles. The largest absolute Gasteiger partial charge is 0.469 e. The van der Waals surface area contributed by atoms with Crippen LogP contribution in [0.15, 0.2) is 0 Å². The zero-order chi connectivity index (χ0) is 88.5. The molecule has 1 N–H and O–H groups in total. The fourth-order valence-corrected chi connectivity index (χ4v) is 17.9. The second-order valence-corrected chi connectivity index (χ2v) is 41.4. The Hall–Kier alpha value is -3.78. The summed E-state index contributed by atoms with van der Waals surface area (Å²) in [6.45, 7) is 87.8. The highest BCUT2D eigenvalue weighted by molar-refractivity contribution is 5.78. The Balaban J connectivity index is 0.000000256. The Morgan fingerprint density at radius 2 is 0.622 bits per heavy atom. The first-order chi connectivity index (χ1) is 55.8. The summed E-state index contributed by atoms with van der Waals surface area (Å²) >= 11 is 0. The van der Waals surface area contributed by atoms with E-state index in [2.05, 4.69) is 198 Å². The fraction of sp³-hybridized carbons (Fsp3) is 0.935. The van der Waals surface area contributed by atoms with Gasteiger partial charge >= 0.3 is 29.8 Å². The molecule has 10 aliphatic rings. The van der Waals surface area contributed by atoms with Gasteiger partial charge in [-0.25, -0.2) is 0 Å². The second-order valence-electron chi connectivity index (χ2n) is 41.4. The van der Waals surface area contributed by atoms with E-state index in [0.29, 0.717) is 49.6 Å². The van der Waals surface area contributed by atoms with Gasteiger partial charge < -0.3 is 58.2 Å². The number of piperazine rings is 5. The van der Waals surface area contributed by atoms with Crippen LogP contribution in [0.1, 0.15) is 222 Å². The standard InChI is InChI=1S/2C18H35N3O2.C17H33N3O2.C14H26N2O2.C13H26N2O2.C12H24N2O2/c1-17(2,3)21-14-12-20(13-15-21)11-10-19-8-6-18(4,7-9-19)16(22)23-5;1-5-23-17(22)16-6-8-19(9-7-16)10-11-20-12-14-21(15-13-20)18(2,3)4;1-17(2,3)20-13-11-19(12-14-20)10-9-18-7-5-15(6-8-18)16(21)22-4;1-14(2,3)15-7-4-11(5-8-15)16-9-6-12(17)10-13(16)18;1-5-17-12(16)6-7-14-8-10-15(11-9-14)13(2,3)4;1-12(2,3)14-9-7-13(8-10-14)6-5-11(15)16-4/h6-15H2,1-5H3;16H,5-15H2,1-4H3;15H,5-14H2,1-4H3;11-12,17H,4-10H2,1-3H3;5-11H2,1-4H3;5-10H2,1-4H3. The summed E-state index contributed by atoms with van der Waals surface area (Å²) < 4.78 is 24.5. The van der Waals surface area contributed by atoms with E-state index in [0.717, 1.165) is 221 Å². The summed E-state index contributed by atoms with van der Waals surface area (Å²) in [5.74, 6) is 0.129. The van der Waals surface area contributed by atoms with Crippen LogP contribution in [0, 0.1) is 17.3 Å². The summed E-state index contributed by atoms with van der Waals surface area (Å²) in [4.78, 5) is 106. The minimum absolute atomic E-state index is 0.00505. The molecule has 1 atom stereocenters. The van der Waals surface area contributed by atoms with Crippen LogP contribution in [-0.4, -0.2) is 436 Å². The number of aliphatic hydroxyl groups excluding tert-OH is 1. The fourth-order valence-electron chi connectivity index (χ4n) is 17.9. The van der Waals surface area contributed by atoms with Gasteiger partial charge in [-0.2, -0.15) is 0 Å². The quantitative estimate of drug-likeness (QED) is 0.0846. The number of piperidine rings is 5. The maximum Gasteiger partial charge on any atom is 0.311 e. The topological polar surface area (TPSA) is 217 Å². The maximum absolute atomic E-state index is 11.9. The molecule has 0 aromatic carbocycles. The zero-order valence-electron chi connectivity index (χ0n) is 80.5. The average molecular weight is 1690 g/mol. The summed E-state index contributed by atoms with van der Waals surface area (Å²) in [7, 11) is 4.43. The van der Waals surface area contributed by atoms with Crippen LogP contribution in [-0.2, 0) is 52.5 Å². The van der Waals surface area contributed by atoms with Crippen LogP contribution in [0.3, 0.4) is 0 Å². The molecule has 10 fully saturated rings. The average Bonchev–Trinajstić information content (AvgIpc) is 0.822. The van der Waals surface area contributed by atoms with Gasteiger partial charge in [0, 0.05) is 242 Å². The van der Waals surface area contributed by atoms with E-state index in [1.807, 2.05) is 25.7 Å². The van der Waals surface area contributed by atoms with Gasteiger partial charge in [0.25, 0.3) is 0 Å². The van der Waals surface area contributed by atoms with Gasteiger partial charge in [0.15, 0.2) is 0 Å². The lowest BCUT2D eigenvalue weighted by atomic mass is 9.80. The third-order valence-electron chi connectivity index (χ3n) is 26.9. The van der Waals surface area contributed by atoms with Crippen molar-refractivity contribution in [3.8, 4) is 0 Å². The summed E-state index contributed by atoms with van der Waals surface area (Å²) in [6.07, 6.45) is 9.44. The van der Waals surface area contributed by atoms with Crippen LogP contribution < -0.4 is 0 Å². The lowest BCUT2D eigenvalue weighted by Gasteiger charge is -2.45. The number of methoxy groups -OCH3 is 3. The van der Waals surface area contributed by atoms with Crippen molar-refractivity contribution >= 4 is 35.8 Å². The second kappa shape index (κ2) is 51.1. The number of hydrogen-bond donors (Lipinski definition) is 1. The Kier molecular flexibility index (Phi) is 45.4. The van der Waals surface area contributed by atoms with Crippen molar-refractivity contribution in [2.45, 2.75) is 268 Å². The lowest BCUT2D eigenvalue weighted by molar-refractivity contribution is -0.154. The minimum Gasteiger partial charge on any atom is -0.469 e. The summed E-state index contributed by atoms with van der Waals surface area (Å²) in [5.41, 5.74) is 1.35. The van der Waals surface area contributed by atoms with E-state index in [4.69, 9.17) is 18.9 Å². The molecule has 27 nitrogen and oxygen atoms in total. The van der Waals surface area contributed by atoms with Crippen LogP contribution >= 0.6 is 0 Å². The Morgan fingerprint density at radius 1 is 0.336 bits per heavy atom. The number of aliphatic hydroxyl groups is 1. The van der Waals surface area contributed by atoms with Crippen molar-refractivity contribution < 1.29 is 57.6 Å². The number of likely N-dealkylation sites (tertiary alicyclic amines) is 5. The molecule has 0 aromatic heterocycles. The van der Waals surface area contributed by atoms with E-state index >= 15 is 0 Å². The Labute approximate surface area is 725 Å². The van der Waals surface area contributed by atoms with Crippen LogP contribution in [0.4, 0.5) is 0 Å². The number of rotatable bonds is 21. The van der Waals surface area contributed by atoms with Gasteiger partial charge in [-0.3, -0.25) is 72.9 Å². The number of esters is 5. The van der Waals surface area contributed by atoms with Crippen molar-refractivity contribution in [3.05, 3.63) is 0 Å². The van der Waals surface area contributed by atoms with Gasteiger partial charge in [0.1, 0.15) is 0 Å². The van der Waals surface area contributed by atoms with E-state index < -0.39 is 6.10 Å². The molecule has 0 aliphatic carbocycles. The third-order valence-corrected chi connectivity index (χ3v) is 26.9. The molecule has 1 amide bonds. The molecule has 10 heterocycles. The predicted molar refractivity (Wildman–Crippen MR) is 481 cm³/mol. The van der Waals surface area contributed by atoms with Crippen LogP contribution in [0.2, 0.25) is 0 Å². The molecule has 1 unspecified atom stereocenters. The molecule has 0 radical (unpaired) electrons.